The van der Waals surface area contributed by atoms with E-state index in [4.69, 9.17) is 13.9 Å². The Morgan fingerprint density at radius 3 is 2.67 bits per heavy atom. The van der Waals surface area contributed by atoms with Gasteiger partial charge in [-0.1, -0.05) is 0 Å². The molecule has 0 amide bonds. The van der Waals surface area contributed by atoms with E-state index >= 15 is 0 Å². The Kier molecular flexibility index (Phi) is 4.56. The quantitative estimate of drug-likeness (QED) is 0.643. The third-order valence-electron chi connectivity index (χ3n) is 3.34. The van der Waals surface area contributed by atoms with Gasteiger partial charge in [0, 0.05) is 11.1 Å². The molecule has 2 aromatic carbocycles. The van der Waals surface area contributed by atoms with E-state index in [9.17, 15) is 9.18 Å². The molecule has 5 nitrogen and oxygen atoms in total. The minimum Gasteiger partial charge on any atom is -0.493 e. The standard InChI is InChI=1S/C18H14FNO4/c1-22-17-8-12(9-21)2-7-16(17)23-10-15-11-24-18(20-15)13-3-5-14(19)6-4-13/h2-9,11H,10H2,1H3. The first-order valence-corrected chi connectivity index (χ1v) is 7.16. The summed E-state index contributed by atoms with van der Waals surface area (Å²) in [5, 5.41) is 0. The Balaban J connectivity index is 1.71. The van der Waals surface area contributed by atoms with Crippen molar-refractivity contribution in [2.24, 2.45) is 0 Å². The number of halogens is 1. The van der Waals surface area contributed by atoms with Gasteiger partial charge in [-0.15, -0.1) is 0 Å². The summed E-state index contributed by atoms with van der Waals surface area (Å²) in [6.07, 6.45) is 2.21. The number of oxazole rings is 1. The maximum atomic E-state index is 12.9. The van der Waals surface area contributed by atoms with Crippen LogP contribution in [0.1, 0.15) is 16.1 Å². The van der Waals surface area contributed by atoms with Gasteiger partial charge in [-0.25, -0.2) is 9.37 Å². The number of aromatic nitrogens is 1. The van der Waals surface area contributed by atoms with Gasteiger partial charge in [0.25, 0.3) is 0 Å². The molecule has 0 saturated heterocycles. The molecule has 0 saturated carbocycles. The van der Waals surface area contributed by atoms with E-state index in [1.165, 1.54) is 25.5 Å². The average Bonchev–Trinajstić information content (AvgIpc) is 3.09. The number of carbonyl (C=O) groups excluding carboxylic acids is 1. The minimum atomic E-state index is -0.320. The van der Waals surface area contributed by atoms with E-state index in [1.807, 2.05) is 0 Å². The van der Waals surface area contributed by atoms with Crippen LogP contribution in [0.5, 0.6) is 11.5 Å². The van der Waals surface area contributed by atoms with Crippen LogP contribution in [0.2, 0.25) is 0 Å². The van der Waals surface area contributed by atoms with E-state index in [1.54, 1.807) is 30.3 Å². The van der Waals surface area contributed by atoms with Crippen molar-refractivity contribution in [3.63, 3.8) is 0 Å². The van der Waals surface area contributed by atoms with Gasteiger partial charge in [0.15, 0.2) is 11.5 Å². The maximum absolute atomic E-state index is 12.9. The van der Waals surface area contributed by atoms with Crippen molar-refractivity contribution >= 4 is 6.29 Å². The van der Waals surface area contributed by atoms with Crippen LogP contribution in [0.4, 0.5) is 4.39 Å². The molecule has 0 fully saturated rings. The molecule has 0 aliphatic heterocycles. The summed E-state index contributed by atoms with van der Waals surface area (Å²) in [5.74, 6) is 1.02. The number of benzene rings is 2. The molecule has 3 rings (SSSR count). The number of nitrogens with zero attached hydrogens (tertiary/aromatic N) is 1. The molecule has 1 aromatic heterocycles. The highest BCUT2D eigenvalue weighted by atomic mass is 19.1. The highest BCUT2D eigenvalue weighted by molar-refractivity contribution is 5.76. The molecule has 0 aliphatic carbocycles. The largest absolute Gasteiger partial charge is 0.493 e. The van der Waals surface area contributed by atoms with Crippen LogP contribution in [-0.4, -0.2) is 18.4 Å². The molecule has 0 radical (unpaired) electrons. The van der Waals surface area contributed by atoms with Crippen LogP contribution in [0.3, 0.4) is 0 Å². The lowest BCUT2D eigenvalue weighted by molar-refractivity contribution is 0.112. The van der Waals surface area contributed by atoms with Gasteiger partial charge in [0.1, 0.15) is 30.7 Å². The lowest BCUT2D eigenvalue weighted by atomic mass is 10.2. The maximum Gasteiger partial charge on any atom is 0.226 e. The minimum absolute atomic E-state index is 0.168. The highest BCUT2D eigenvalue weighted by Crippen LogP contribution is 2.28. The molecular weight excluding hydrogens is 313 g/mol. The number of methoxy groups -OCH3 is 1. The number of carbonyl (C=O) groups is 1. The van der Waals surface area contributed by atoms with E-state index in [2.05, 4.69) is 4.98 Å². The molecule has 0 atom stereocenters. The second-order valence-corrected chi connectivity index (χ2v) is 4.97. The van der Waals surface area contributed by atoms with Crippen LogP contribution in [-0.2, 0) is 6.61 Å². The second kappa shape index (κ2) is 6.95. The third-order valence-corrected chi connectivity index (χ3v) is 3.34. The number of hydrogen-bond donors (Lipinski definition) is 0. The summed E-state index contributed by atoms with van der Waals surface area (Å²) < 4.78 is 29.2. The number of aldehydes is 1. The van der Waals surface area contributed by atoms with Crippen LogP contribution in [0.15, 0.2) is 53.1 Å². The Labute approximate surface area is 137 Å². The molecule has 0 bridgehead atoms. The van der Waals surface area contributed by atoms with Gasteiger partial charge < -0.3 is 13.9 Å². The van der Waals surface area contributed by atoms with E-state index in [0.717, 1.165) is 6.29 Å². The van der Waals surface area contributed by atoms with Gasteiger partial charge in [-0.2, -0.15) is 0 Å². The van der Waals surface area contributed by atoms with E-state index in [-0.39, 0.29) is 12.4 Å². The molecule has 24 heavy (non-hydrogen) atoms. The van der Waals surface area contributed by atoms with E-state index in [0.29, 0.717) is 34.2 Å². The molecule has 3 aromatic rings. The zero-order valence-electron chi connectivity index (χ0n) is 12.9. The predicted octanol–water partition coefficient (Wildman–Crippen LogP) is 3.88. The third kappa shape index (κ3) is 3.43. The van der Waals surface area contributed by atoms with Crippen molar-refractivity contribution in [3.8, 4) is 23.0 Å². The number of rotatable bonds is 6. The first-order chi connectivity index (χ1) is 11.7. The van der Waals surface area contributed by atoms with Crippen molar-refractivity contribution in [2.75, 3.05) is 7.11 Å². The average molecular weight is 327 g/mol. The molecule has 6 heteroatoms. The topological polar surface area (TPSA) is 61.6 Å². The van der Waals surface area contributed by atoms with Crippen LogP contribution in [0, 0.1) is 5.82 Å². The van der Waals surface area contributed by atoms with Crippen molar-refractivity contribution < 1.29 is 23.1 Å². The van der Waals surface area contributed by atoms with Crippen LogP contribution in [0.25, 0.3) is 11.5 Å². The zero-order valence-corrected chi connectivity index (χ0v) is 12.9. The molecular formula is C18H14FNO4. The summed E-state index contributed by atoms with van der Waals surface area (Å²) in [4.78, 5) is 15.1. The summed E-state index contributed by atoms with van der Waals surface area (Å²) in [6.45, 7) is 0.168. The fourth-order valence-corrected chi connectivity index (χ4v) is 2.13. The van der Waals surface area contributed by atoms with Gasteiger partial charge in [0.05, 0.1) is 7.11 Å². The predicted molar refractivity (Wildman–Crippen MR) is 84.6 cm³/mol. The lowest BCUT2D eigenvalue weighted by Crippen LogP contribution is -1.98. The van der Waals surface area contributed by atoms with Crippen molar-refractivity contribution in [2.45, 2.75) is 6.61 Å². The van der Waals surface area contributed by atoms with Gasteiger partial charge in [-0.3, -0.25) is 4.79 Å². The van der Waals surface area contributed by atoms with Crippen LogP contribution < -0.4 is 9.47 Å². The first-order valence-electron chi connectivity index (χ1n) is 7.16. The molecule has 0 N–H and O–H groups in total. The highest BCUT2D eigenvalue weighted by Gasteiger charge is 2.10. The Bertz CT molecular complexity index is 842. The Morgan fingerprint density at radius 1 is 1.17 bits per heavy atom. The molecule has 0 spiro atoms. The summed E-state index contributed by atoms with van der Waals surface area (Å²) in [6, 6.07) is 10.8. The van der Waals surface area contributed by atoms with Crippen molar-refractivity contribution in [1.29, 1.82) is 0 Å². The van der Waals surface area contributed by atoms with Crippen molar-refractivity contribution in [1.82, 2.24) is 4.98 Å². The van der Waals surface area contributed by atoms with Crippen LogP contribution >= 0.6 is 0 Å². The van der Waals surface area contributed by atoms with Crippen molar-refractivity contribution in [3.05, 3.63) is 65.8 Å². The zero-order chi connectivity index (χ0) is 16.9. The molecule has 1 heterocycles. The molecule has 0 unspecified atom stereocenters. The smallest absolute Gasteiger partial charge is 0.226 e. The number of ether oxygens (including phenoxy) is 2. The van der Waals surface area contributed by atoms with Gasteiger partial charge in [0.2, 0.25) is 5.89 Å². The molecule has 0 aliphatic rings. The number of hydrogen-bond acceptors (Lipinski definition) is 5. The SMILES string of the molecule is COc1cc(C=O)ccc1OCc1coc(-c2ccc(F)cc2)n1. The molecule has 122 valence electrons. The summed E-state index contributed by atoms with van der Waals surface area (Å²) in [5.41, 5.74) is 1.76. The summed E-state index contributed by atoms with van der Waals surface area (Å²) >= 11 is 0. The van der Waals surface area contributed by atoms with Gasteiger partial charge >= 0.3 is 0 Å². The monoisotopic (exact) mass is 327 g/mol. The van der Waals surface area contributed by atoms with Gasteiger partial charge in [-0.05, 0) is 42.5 Å². The second-order valence-electron chi connectivity index (χ2n) is 4.97. The summed E-state index contributed by atoms with van der Waals surface area (Å²) in [7, 11) is 1.50. The lowest BCUT2D eigenvalue weighted by Gasteiger charge is -2.09. The normalized spacial score (nSPS) is 10.4. The Hall–Kier alpha value is -3.15. The van der Waals surface area contributed by atoms with E-state index < -0.39 is 0 Å². The fourth-order valence-electron chi connectivity index (χ4n) is 2.13. The Morgan fingerprint density at radius 2 is 1.96 bits per heavy atom. The first kappa shape index (κ1) is 15.7. The fraction of sp³-hybridized carbons (Fsp3) is 0.111.